The van der Waals surface area contributed by atoms with Crippen LogP contribution in [0, 0.1) is 11.3 Å². The van der Waals surface area contributed by atoms with Gasteiger partial charge in [0, 0.05) is 5.69 Å². The van der Waals surface area contributed by atoms with Gasteiger partial charge in [-0.25, -0.2) is 8.42 Å². The number of nitrogens with one attached hydrogen (secondary N) is 1. The highest BCUT2D eigenvalue weighted by atomic mass is 79.9. The fourth-order valence-corrected chi connectivity index (χ4v) is 1.93. The van der Waals surface area contributed by atoms with Gasteiger partial charge in [-0.05, 0) is 17.7 Å². The van der Waals surface area contributed by atoms with Crippen LogP contribution in [0.5, 0.6) is 0 Å². The fraction of sp³-hybridized carbons (Fsp3) is 0.222. The molecular formula is C9H9BrN2O2S. The van der Waals surface area contributed by atoms with Crippen LogP contribution in [0.2, 0.25) is 0 Å². The minimum Gasteiger partial charge on any atom is -0.283 e. The van der Waals surface area contributed by atoms with E-state index < -0.39 is 10.0 Å². The summed E-state index contributed by atoms with van der Waals surface area (Å²) in [6.45, 7) is 0. The summed E-state index contributed by atoms with van der Waals surface area (Å²) in [6.07, 6.45) is 0.268. The Kier molecular flexibility index (Phi) is 4.12. The van der Waals surface area contributed by atoms with E-state index in [0.29, 0.717) is 5.69 Å². The first kappa shape index (κ1) is 12.0. The molecule has 80 valence electrons. The van der Waals surface area contributed by atoms with Gasteiger partial charge in [0.05, 0.1) is 12.5 Å². The molecule has 1 aromatic carbocycles. The van der Waals surface area contributed by atoms with Gasteiger partial charge in [-0.15, -0.1) is 0 Å². The van der Waals surface area contributed by atoms with Crippen molar-refractivity contribution >= 4 is 31.6 Å². The Hall–Kier alpha value is -1.06. The first-order chi connectivity index (χ1) is 7.07. The molecule has 0 saturated heterocycles. The lowest BCUT2D eigenvalue weighted by Gasteiger charge is -2.05. The second-order valence-corrected chi connectivity index (χ2v) is 5.89. The van der Waals surface area contributed by atoms with Gasteiger partial charge in [-0.1, -0.05) is 28.1 Å². The zero-order chi connectivity index (χ0) is 11.3. The van der Waals surface area contributed by atoms with Crippen LogP contribution in [0.15, 0.2) is 24.3 Å². The number of nitriles is 1. The number of alkyl halides is 1. The molecule has 0 atom stereocenters. The summed E-state index contributed by atoms with van der Waals surface area (Å²) in [6, 6.07) is 8.76. The molecule has 0 heterocycles. The lowest BCUT2D eigenvalue weighted by Crippen LogP contribution is -2.13. The highest BCUT2D eigenvalue weighted by Crippen LogP contribution is 2.13. The summed E-state index contributed by atoms with van der Waals surface area (Å²) in [5, 5.41) is 8.49. The predicted molar refractivity (Wildman–Crippen MR) is 62.1 cm³/mol. The molecule has 0 unspecified atom stereocenters. The zero-order valence-corrected chi connectivity index (χ0v) is 10.2. The Bertz CT molecular complexity index is 479. The van der Waals surface area contributed by atoms with E-state index in [4.69, 9.17) is 5.26 Å². The smallest absolute Gasteiger partial charge is 0.242 e. The van der Waals surface area contributed by atoms with Crippen molar-refractivity contribution in [2.75, 3.05) is 9.38 Å². The van der Waals surface area contributed by atoms with Gasteiger partial charge in [0.1, 0.15) is 4.66 Å². The maximum Gasteiger partial charge on any atom is 0.242 e. The summed E-state index contributed by atoms with van der Waals surface area (Å²) < 4.78 is 24.7. The number of halogens is 1. The van der Waals surface area contributed by atoms with Crippen molar-refractivity contribution in [3.05, 3.63) is 29.8 Å². The van der Waals surface area contributed by atoms with Crippen LogP contribution >= 0.6 is 15.9 Å². The summed E-state index contributed by atoms with van der Waals surface area (Å²) in [5.41, 5.74) is 1.26. The molecule has 0 aliphatic carbocycles. The molecule has 0 fully saturated rings. The van der Waals surface area contributed by atoms with E-state index in [1.807, 2.05) is 6.07 Å². The van der Waals surface area contributed by atoms with Crippen LogP contribution in [-0.4, -0.2) is 13.1 Å². The molecule has 0 amide bonds. The molecule has 1 N–H and O–H groups in total. The quantitative estimate of drug-likeness (QED) is 0.860. The molecule has 0 aromatic heterocycles. The third-order valence-corrected chi connectivity index (χ3v) is 4.27. The summed E-state index contributed by atoms with van der Waals surface area (Å²) in [4.78, 5) is 0. The lowest BCUT2D eigenvalue weighted by molar-refractivity contribution is 0.606. The number of benzene rings is 1. The molecule has 6 heteroatoms. The summed E-state index contributed by atoms with van der Waals surface area (Å²) in [5.74, 6) is 0. The zero-order valence-electron chi connectivity index (χ0n) is 7.77. The van der Waals surface area contributed by atoms with E-state index in [1.165, 1.54) is 0 Å². The minimum absolute atomic E-state index is 0.150. The van der Waals surface area contributed by atoms with Crippen molar-refractivity contribution < 1.29 is 8.42 Å². The second kappa shape index (κ2) is 5.14. The fourth-order valence-electron chi connectivity index (χ4n) is 1.04. The Labute approximate surface area is 97.1 Å². The number of hydrogen-bond donors (Lipinski definition) is 1. The lowest BCUT2D eigenvalue weighted by atomic mass is 10.1. The third kappa shape index (κ3) is 3.90. The molecule has 1 aromatic rings. The topological polar surface area (TPSA) is 70.0 Å². The molecule has 15 heavy (non-hydrogen) atoms. The number of hydrogen-bond acceptors (Lipinski definition) is 3. The van der Waals surface area contributed by atoms with Crippen molar-refractivity contribution in [1.29, 1.82) is 5.26 Å². The van der Waals surface area contributed by atoms with Crippen LogP contribution in [-0.2, 0) is 16.4 Å². The van der Waals surface area contributed by atoms with Crippen molar-refractivity contribution in [1.82, 2.24) is 0 Å². The number of rotatable bonds is 4. The highest BCUT2D eigenvalue weighted by molar-refractivity contribution is 9.10. The minimum atomic E-state index is -3.32. The first-order valence-corrected chi connectivity index (χ1v) is 6.87. The van der Waals surface area contributed by atoms with Gasteiger partial charge in [0.2, 0.25) is 10.0 Å². The SMILES string of the molecule is N#CCc1cccc(NS(=O)(=O)CBr)c1. The maximum atomic E-state index is 11.2. The number of sulfonamides is 1. The van der Waals surface area contributed by atoms with E-state index >= 15 is 0 Å². The van der Waals surface area contributed by atoms with Crippen molar-refractivity contribution in [3.8, 4) is 6.07 Å². The number of nitrogens with zero attached hydrogens (tertiary/aromatic N) is 1. The molecule has 0 radical (unpaired) electrons. The Morgan fingerprint density at radius 1 is 1.47 bits per heavy atom. The Morgan fingerprint density at radius 2 is 2.20 bits per heavy atom. The van der Waals surface area contributed by atoms with Crippen molar-refractivity contribution in [2.24, 2.45) is 0 Å². The van der Waals surface area contributed by atoms with Crippen molar-refractivity contribution in [2.45, 2.75) is 6.42 Å². The van der Waals surface area contributed by atoms with Gasteiger partial charge < -0.3 is 0 Å². The first-order valence-electron chi connectivity index (χ1n) is 4.10. The standard InChI is InChI=1S/C9H9BrN2O2S/c10-7-15(13,14)12-9-3-1-2-8(6-9)4-5-11/h1-3,6,12H,4,7H2. The molecule has 0 aliphatic heterocycles. The van der Waals surface area contributed by atoms with Crippen LogP contribution in [0.3, 0.4) is 0 Å². The van der Waals surface area contributed by atoms with Crippen LogP contribution in [0.25, 0.3) is 0 Å². The second-order valence-electron chi connectivity index (χ2n) is 2.86. The van der Waals surface area contributed by atoms with Gasteiger partial charge >= 0.3 is 0 Å². The third-order valence-electron chi connectivity index (χ3n) is 1.63. The summed E-state index contributed by atoms with van der Waals surface area (Å²) >= 11 is 2.87. The number of anilines is 1. The molecule has 4 nitrogen and oxygen atoms in total. The van der Waals surface area contributed by atoms with E-state index in [9.17, 15) is 8.42 Å². The molecule has 0 spiro atoms. The molecule has 0 aliphatic rings. The monoisotopic (exact) mass is 288 g/mol. The van der Waals surface area contributed by atoms with Gasteiger partial charge in [-0.2, -0.15) is 5.26 Å². The van der Waals surface area contributed by atoms with Crippen LogP contribution in [0.4, 0.5) is 5.69 Å². The van der Waals surface area contributed by atoms with Crippen LogP contribution in [0.1, 0.15) is 5.56 Å². The largest absolute Gasteiger partial charge is 0.283 e. The van der Waals surface area contributed by atoms with Crippen LogP contribution < -0.4 is 4.72 Å². The Balaban J connectivity index is 2.88. The van der Waals surface area contributed by atoms with E-state index in [2.05, 4.69) is 20.7 Å². The maximum absolute atomic E-state index is 11.2. The molecule has 0 saturated carbocycles. The van der Waals surface area contributed by atoms with Gasteiger partial charge in [0.15, 0.2) is 0 Å². The van der Waals surface area contributed by atoms with E-state index in [1.54, 1.807) is 24.3 Å². The molecular weight excluding hydrogens is 280 g/mol. The summed E-state index contributed by atoms with van der Waals surface area (Å²) in [7, 11) is -3.32. The molecule has 0 bridgehead atoms. The Morgan fingerprint density at radius 3 is 2.80 bits per heavy atom. The normalized spacial score (nSPS) is 10.7. The highest BCUT2D eigenvalue weighted by Gasteiger charge is 2.07. The van der Waals surface area contributed by atoms with Crippen molar-refractivity contribution in [3.63, 3.8) is 0 Å². The van der Waals surface area contributed by atoms with E-state index in [-0.39, 0.29) is 11.1 Å². The van der Waals surface area contributed by atoms with Gasteiger partial charge in [-0.3, -0.25) is 4.72 Å². The average Bonchev–Trinajstić information content (AvgIpc) is 2.18. The predicted octanol–water partition coefficient (Wildman–Crippen LogP) is 1.85. The molecule has 1 rings (SSSR count). The van der Waals surface area contributed by atoms with E-state index in [0.717, 1.165) is 5.56 Å². The van der Waals surface area contributed by atoms with Gasteiger partial charge in [0.25, 0.3) is 0 Å². The average molecular weight is 289 g/mol.